The second kappa shape index (κ2) is 4.62. The van der Waals surface area contributed by atoms with E-state index in [0.29, 0.717) is 5.69 Å². The summed E-state index contributed by atoms with van der Waals surface area (Å²) in [6.07, 6.45) is 1.56. The fourth-order valence-corrected chi connectivity index (χ4v) is 2.72. The van der Waals surface area contributed by atoms with Crippen LogP contribution in [0.3, 0.4) is 0 Å². The van der Waals surface area contributed by atoms with Crippen LogP contribution >= 0.6 is 23.1 Å². The van der Waals surface area contributed by atoms with E-state index in [2.05, 4.69) is 15.2 Å². The molecule has 0 aliphatic rings. The van der Waals surface area contributed by atoms with Crippen molar-refractivity contribution in [2.45, 2.75) is 15.9 Å². The predicted molar refractivity (Wildman–Crippen MR) is 58.6 cm³/mol. The zero-order valence-corrected chi connectivity index (χ0v) is 9.96. The van der Waals surface area contributed by atoms with Crippen molar-refractivity contribution in [1.29, 1.82) is 0 Å². The molecule has 0 atom stereocenters. The fourth-order valence-electron chi connectivity index (χ4n) is 1.01. The van der Waals surface area contributed by atoms with E-state index in [0.717, 1.165) is 9.50 Å². The van der Waals surface area contributed by atoms with Gasteiger partial charge in [-0.25, -0.2) is 4.98 Å². The van der Waals surface area contributed by atoms with E-state index in [1.165, 1.54) is 23.1 Å². The Labute approximate surface area is 99.3 Å². The summed E-state index contributed by atoms with van der Waals surface area (Å²) in [5.74, 6) is -0.875. The van der Waals surface area contributed by atoms with Crippen LogP contribution in [0.2, 0.25) is 0 Å². The summed E-state index contributed by atoms with van der Waals surface area (Å²) in [6, 6.07) is 0. The number of carboxylic acid groups (broad SMARTS) is 1. The van der Waals surface area contributed by atoms with Crippen LogP contribution in [0, 0.1) is 0 Å². The monoisotopic (exact) mass is 256 g/mol. The maximum Gasteiger partial charge on any atom is 0.309 e. The van der Waals surface area contributed by atoms with Gasteiger partial charge in [0, 0.05) is 12.4 Å². The zero-order valence-electron chi connectivity index (χ0n) is 8.32. The van der Waals surface area contributed by atoms with Crippen molar-refractivity contribution in [2.24, 2.45) is 7.05 Å². The molecule has 2 rings (SSSR count). The van der Waals surface area contributed by atoms with E-state index in [1.54, 1.807) is 16.3 Å². The highest BCUT2D eigenvalue weighted by Gasteiger charge is 2.09. The van der Waals surface area contributed by atoms with Gasteiger partial charge in [-0.2, -0.15) is 0 Å². The lowest BCUT2D eigenvalue weighted by Crippen LogP contribution is -1.99. The van der Waals surface area contributed by atoms with Gasteiger partial charge in [-0.1, -0.05) is 0 Å². The summed E-state index contributed by atoms with van der Waals surface area (Å²) in [4.78, 5) is 14.7. The van der Waals surface area contributed by atoms with E-state index in [1.807, 2.05) is 7.05 Å². The summed E-state index contributed by atoms with van der Waals surface area (Å²) in [6.45, 7) is 0. The van der Waals surface area contributed by atoms with Crippen molar-refractivity contribution in [3.05, 3.63) is 17.4 Å². The maximum atomic E-state index is 10.5. The second-order valence-corrected chi connectivity index (χ2v) is 5.07. The molecule has 2 aromatic rings. The quantitative estimate of drug-likeness (QED) is 0.880. The van der Waals surface area contributed by atoms with Crippen LogP contribution in [0.15, 0.2) is 21.2 Å². The molecule has 2 heterocycles. The van der Waals surface area contributed by atoms with Crippen LogP contribution in [-0.4, -0.2) is 30.8 Å². The molecule has 0 radical (unpaired) electrons. The van der Waals surface area contributed by atoms with Crippen molar-refractivity contribution in [2.75, 3.05) is 0 Å². The van der Waals surface area contributed by atoms with Gasteiger partial charge in [0.1, 0.15) is 6.33 Å². The smallest absolute Gasteiger partial charge is 0.309 e. The normalized spacial score (nSPS) is 10.6. The first-order valence-corrected chi connectivity index (χ1v) is 6.03. The Balaban J connectivity index is 2.08. The minimum Gasteiger partial charge on any atom is -0.481 e. The molecular weight excluding hydrogens is 248 g/mol. The van der Waals surface area contributed by atoms with Crippen LogP contribution in [0.5, 0.6) is 0 Å². The second-order valence-electron chi connectivity index (χ2n) is 3.00. The van der Waals surface area contributed by atoms with Gasteiger partial charge in [0.25, 0.3) is 0 Å². The molecule has 84 valence electrons. The van der Waals surface area contributed by atoms with E-state index in [-0.39, 0.29) is 6.42 Å². The largest absolute Gasteiger partial charge is 0.481 e. The van der Waals surface area contributed by atoms with Gasteiger partial charge in [-0.3, -0.25) is 4.79 Å². The van der Waals surface area contributed by atoms with Crippen LogP contribution in [0.1, 0.15) is 5.69 Å². The molecule has 0 saturated carbocycles. The van der Waals surface area contributed by atoms with E-state index in [4.69, 9.17) is 5.11 Å². The summed E-state index contributed by atoms with van der Waals surface area (Å²) in [5.41, 5.74) is 0.571. The van der Waals surface area contributed by atoms with E-state index >= 15 is 0 Å². The van der Waals surface area contributed by atoms with Crippen molar-refractivity contribution in [1.82, 2.24) is 19.7 Å². The van der Waals surface area contributed by atoms with Crippen molar-refractivity contribution in [3.8, 4) is 0 Å². The molecule has 2 aromatic heterocycles. The maximum absolute atomic E-state index is 10.5. The third-order valence-electron chi connectivity index (χ3n) is 1.71. The Hall–Kier alpha value is -1.41. The van der Waals surface area contributed by atoms with Gasteiger partial charge in [0.05, 0.1) is 12.1 Å². The lowest BCUT2D eigenvalue weighted by molar-refractivity contribution is -0.136. The van der Waals surface area contributed by atoms with Crippen molar-refractivity contribution < 1.29 is 9.90 Å². The zero-order chi connectivity index (χ0) is 11.5. The number of carbonyl (C=O) groups is 1. The SMILES string of the molecule is Cn1cnnc1Sc1nc(CC(=O)O)cs1. The minimum absolute atomic E-state index is 0.0458. The molecule has 0 aromatic carbocycles. The number of aromatic nitrogens is 4. The Morgan fingerprint density at radius 2 is 2.50 bits per heavy atom. The Morgan fingerprint density at radius 3 is 3.12 bits per heavy atom. The van der Waals surface area contributed by atoms with Gasteiger partial charge >= 0.3 is 5.97 Å². The molecule has 6 nitrogen and oxygen atoms in total. The number of aliphatic carboxylic acids is 1. The molecule has 8 heteroatoms. The molecule has 1 N–H and O–H groups in total. The molecular formula is C8H8N4O2S2. The minimum atomic E-state index is -0.875. The topological polar surface area (TPSA) is 80.9 Å². The summed E-state index contributed by atoms with van der Waals surface area (Å²) >= 11 is 2.78. The van der Waals surface area contributed by atoms with Gasteiger partial charge in [0.15, 0.2) is 9.50 Å². The van der Waals surface area contributed by atoms with Gasteiger partial charge < -0.3 is 9.67 Å². The van der Waals surface area contributed by atoms with Crippen molar-refractivity contribution >= 4 is 29.1 Å². The molecule has 0 saturated heterocycles. The molecule has 0 amide bonds. The number of aryl methyl sites for hydroxylation is 1. The first kappa shape index (κ1) is 11.1. The highest BCUT2D eigenvalue weighted by atomic mass is 32.2. The Bertz CT molecular complexity index is 508. The third kappa shape index (κ3) is 2.58. The Morgan fingerprint density at radius 1 is 1.69 bits per heavy atom. The number of hydrogen-bond acceptors (Lipinski definition) is 6. The van der Waals surface area contributed by atoms with Crippen molar-refractivity contribution in [3.63, 3.8) is 0 Å². The molecule has 0 unspecified atom stereocenters. The number of hydrogen-bond donors (Lipinski definition) is 1. The molecule has 0 spiro atoms. The van der Waals surface area contributed by atoms with E-state index < -0.39 is 5.97 Å². The molecule has 16 heavy (non-hydrogen) atoms. The first-order chi connectivity index (χ1) is 7.65. The third-order valence-corrected chi connectivity index (χ3v) is 3.75. The standard InChI is InChI=1S/C8H8N4O2S2/c1-12-4-9-11-7(12)16-8-10-5(3-15-8)2-6(13)14/h3-4H,2H2,1H3,(H,13,14). The molecule has 0 fully saturated rings. The number of thiazole rings is 1. The summed E-state index contributed by atoms with van der Waals surface area (Å²) in [5, 5.41) is 18.7. The van der Waals surface area contributed by atoms with Crippen LogP contribution in [0.4, 0.5) is 0 Å². The lowest BCUT2D eigenvalue weighted by Gasteiger charge is -1.94. The summed E-state index contributed by atoms with van der Waals surface area (Å²) in [7, 11) is 1.84. The summed E-state index contributed by atoms with van der Waals surface area (Å²) < 4.78 is 2.55. The highest BCUT2D eigenvalue weighted by molar-refractivity contribution is 8.00. The van der Waals surface area contributed by atoms with Crippen LogP contribution in [-0.2, 0) is 18.3 Å². The number of rotatable bonds is 4. The highest BCUT2D eigenvalue weighted by Crippen LogP contribution is 2.28. The van der Waals surface area contributed by atoms with Gasteiger partial charge in [0.2, 0.25) is 0 Å². The fraction of sp³-hybridized carbons (Fsp3) is 0.250. The van der Waals surface area contributed by atoms with E-state index in [9.17, 15) is 4.79 Å². The molecule has 0 bridgehead atoms. The molecule has 0 aliphatic heterocycles. The van der Waals surface area contributed by atoms with Crippen LogP contribution < -0.4 is 0 Å². The molecule has 0 aliphatic carbocycles. The van der Waals surface area contributed by atoms with Crippen LogP contribution in [0.25, 0.3) is 0 Å². The predicted octanol–water partition coefficient (Wildman–Crippen LogP) is 1.05. The van der Waals surface area contributed by atoms with Gasteiger partial charge in [-0.05, 0) is 11.8 Å². The number of nitrogens with zero attached hydrogens (tertiary/aromatic N) is 4. The first-order valence-electron chi connectivity index (χ1n) is 4.33. The number of carboxylic acids is 1. The average Bonchev–Trinajstić information content (AvgIpc) is 2.77. The van der Waals surface area contributed by atoms with Gasteiger partial charge in [-0.15, -0.1) is 21.5 Å². The lowest BCUT2D eigenvalue weighted by atomic mass is 10.3. The Kier molecular flexibility index (Phi) is 3.20. The average molecular weight is 256 g/mol.